The summed E-state index contributed by atoms with van der Waals surface area (Å²) in [7, 11) is 0. The first kappa shape index (κ1) is 19.5. The maximum absolute atomic E-state index is 12.1. The number of hydrogen-bond acceptors (Lipinski definition) is 3. The first-order valence-electron chi connectivity index (χ1n) is 8.69. The maximum atomic E-state index is 12.1. The van der Waals surface area contributed by atoms with Gasteiger partial charge < -0.3 is 15.4 Å². The smallest absolute Gasteiger partial charge is 0.407 e. The number of benzene rings is 2. The van der Waals surface area contributed by atoms with Gasteiger partial charge in [0.2, 0.25) is 0 Å². The summed E-state index contributed by atoms with van der Waals surface area (Å²) < 4.78 is 5.10. The van der Waals surface area contributed by atoms with E-state index in [1.54, 1.807) is 0 Å². The molecule has 2 amide bonds. The lowest BCUT2D eigenvalue weighted by Crippen LogP contribution is -2.34. The highest BCUT2D eigenvalue weighted by Crippen LogP contribution is 2.22. The predicted octanol–water partition coefficient (Wildman–Crippen LogP) is 3.64. The van der Waals surface area contributed by atoms with E-state index in [0.717, 1.165) is 5.56 Å². The molecule has 2 aromatic rings. The Hall–Kier alpha value is -2.82. The normalized spacial score (nSPS) is 10.9. The van der Waals surface area contributed by atoms with E-state index in [0.29, 0.717) is 18.7 Å². The molecule has 0 unspecified atom stereocenters. The van der Waals surface area contributed by atoms with Crippen LogP contribution in [0.1, 0.15) is 42.3 Å². The van der Waals surface area contributed by atoms with Crippen molar-refractivity contribution in [2.75, 3.05) is 13.1 Å². The van der Waals surface area contributed by atoms with Crippen molar-refractivity contribution in [3.8, 4) is 0 Å². The number of rotatable bonds is 6. The molecule has 0 aliphatic heterocycles. The second-order valence-corrected chi connectivity index (χ2v) is 7.07. The average molecular weight is 354 g/mol. The minimum absolute atomic E-state index is 0.0546. The van der Waals surface area contributed by atoms with Crippen LogP contribution in [0.4, 0.5) is 4.79 Å². The minimum atomic E-state index is -0.502. The second-order valence-electron chi connectivity index (χ2n) is 7.07. The van der Waals surface area contributed by atoms with Gasteiger partial charge in [-0.15, -0.1) is 0 Å². The molecule has 2 rings (SSSR count). The number of carbonyl (C=O) groups is 2. The lowest BCUT2D eigenvalue weighted by Gasteiger charge is -2.19. The first-order valence-corrected chi connectivity index (χ1v) is 8.69. The van der Waals surface area contributed by atoms with E-state index in [1.807, 2.05) is 54.6 Å². The monoisotopic (exact) mass is 354 g/mol. The molecule has 5 heteroatoms. The van der Waals surface area contributed by atoms with Crippen LogP contribution in [0.15, 0.2) is 54.6 Å². The van der Waals surface area contributed by atoms with Crippen molar-refractivity contribution in [1.29, 1.82) is 0 Å². The molecule has 0 radical (unpaired) electrons. The van der Waals surface area contributed by atoms with Crippen molar-refractivity contribution in [3.05, 3.63) is 71.3 Å². The molecule has 0 aliphatic carbocycles. The van der Waals surface area contributed by atoms with Crippen LogP contribution in [0.5, 0.6) is 0 Å². The van der Waals surface area contributed by atoms with Gasteiger partial charge >= 0.3 is 6.09 Å². The molecule has 0 spiro atoms. The number of carbonyl (C=O) groups excluding carboxylic acids is 2. The van der Waals surface area contributed by atoms with Gasteiger partial charge in [0.25, 0.3) is 5.91 Å². The highest BCUT2D eigenvalue weighted by molar-refractivity contribution is 5.94. The van der Waals surface area contributed by atoms with Crippen LogP contribution in [0.2, 0.25) is 0 Å². The van der Waals surface area contributed by atoms with Gasteiger partial charge in [-0.3, -0.25) is 4.79 Å². The second kappa shape index (κ2) is 9.04. The maximum Gasteiger partial charge on any atom is 0.407 e. The Morgan fingerprint density at radius 2 is 1.50 bits per heavy atom. The molecule has 0 heterocycles. The lowest BCUT2D eigenvalue weighted by atomic mass is 9.87. The Morgan fingerprint density at radius 3 is 2.12 bits per heavy atom. The SMILES string of the molecule is CC(C)(C)c1ccc(C(=O)NCCNC(=O)OCc2ccccc2)cc1. The first-order chi connectivity index (χ1) is 12.4. The van der Waals surface area contributed by atoms with Crippen LogP contribution >= 0.6 is 0 Å². The number of hydrogen-bond donors (Lipinski definition) is 2. The van der Waals surface area contributed by atoms with Crippen LogP contribution in [-0.4, -0.2) is 25.1 Å². The highest BCUT2D eigenvalue weighted by atomic mass is 16.5. The fraction of sp³-hybridized carbons (Fsp3) is 0.333. The molecule has 138 valence electrons. The van der Waals surface area contributed by atoms with E-state index >= 15 is 0 Å². The summed E-state index contributed by atoms with van der Waals surface area (Å²) in [6, 6.07) is 17.0. The number of nitrogens with one attached hydrogen (secondary N) is 2. The molecule has 0 bridgehead atoms. The summed E-state index contributed by atoms with van der Waals surface area (Å²) >= 11 is 0. The molecule has 0 aliphatic rings. The van der Waals surface area contributed by atoms with E-state index in [4.69, 9.17) is 4.74 Å². The summed E-state index contributed by atoms with van der Waals surface area (Å²) in [4.78, 5) is 23.7. The van der Waals surface area contributed by atoms with Gasteiger partial charge in [-0.25, -0.2) is 4.79 Å². The van der Waals surface area contributed by atoms with E-state index in [1.165, 1.54) is 5.56 Å². The Balaban J connectivity index is 1.67. The molecule has 0 atom stereocenters. The van der Waals surface area contributed by atoms with E-state index < -0.39 is 6.09 Å². The van der Waals surface area contributed by atoms with Gasteiger partial charge in [0.1, 0.15) is 6.61 Å². The van der Waals surface area contributed by atoms with E-state index in [2.05, 4.69) is 31.4 Å². The third kappa shape index (κ3) is 6.24. The average Bonchev–Trinajstić information content (AvgIpc) is 2.63. The summed E-state index contributed by atoms with van der Waals surface area (Å²) in [6.45, 7) is 7.25. The lowest BCUT2D eigenvalue weighted by molar-refractivity contribution is 0.0951. The molecule has 0 aromatic heterocycles. The van der Waals surface area contributed by atoms with Gasteiger partial charge in [0.15, 0.2) is 0 Å². The van der Waals surface area contributed by atoms with Gasteiger partial charge in [0, 0.05) is 18.7 Å². The van der Waals surface area contributed by atoms with Crippen molar-refractivity contribution in [2.45, 2.75) is 32.8 Å². The summed E-state index contributed by atoms with van der Waals surface area (Å²) in [5, 5.41) is 5.39. The number of alkyl carbamates (subject to hydrolysis) is 1. The topological polar surface area (TPSA) is 67.4 Å². The van der Waals surface area contributed by atoms with Crippen LogP contribution < -0.4 is 10.6 Å². The van der Waals surface area contributed by atoms with Gasteiger partial charge in [-0.05, 0) is 28.7 Å². The van der Waals surface area contributed by atoms with Crippen molar-refractivity contribution in [2.24, 2.45) is 0 Å². The van der Waals surface area contributed by atoms with Gasteiger partial charge in [0.05, 0.1) is 0 Å². The Labute approximate surface area is 154 Å². The molecule has 0 saturated heterocycles. The number of ether oxygens (including phenoxy) is 1. The van der Waals surface area contributed by atoms with Crippen molar-refractivity contribution < 1.29 is 14.3 Å². The quantitative estimate of drug-likeness (QED) is 0.778. The zero-order valence-corrected chi connectivity index (χ0v) is 15.5. The third-order valence-corrected chi connectivity index (χ3v) is 3.91. The fourth-order valence-corrected chi connectivity index (χ4v) is 2.34. The van der Waals surface area contributed by atoms with E-state index in [-0.39, 0.29) is 17.9 Å². The molecule has 5 nitrogen and oxygen atoms in total. The highest BCUT2D eigenvalue weighted by Gasteiger charge is 2.14. The van der Waals surface area contributed by atoms with Crippen LogP contribution in [0.3, 0.4) is 0 Å². The zero-order valence-electron chi connectivity index (χ0n) is 15.5. The summed E-state index contributed by atoms with van der Waals surface area (Å²) in [6.07, 6.45) is -0.502. The molecule has 2 N–H and O–H groups in total. The third-order valence-electron chi connectivity index (χ3n) is 3.91. The summed E-state index contributed by atoms with van der Waals surface area (Å²) in [5.41, 5.74) is 2.76. The summed E-state index contributed by atoms with van der Waals surface area (Å²) in [5.74, 6) is -0.162. The van der Waals surface area contributed by atoms with Crippen LogP contribution in [0, 0.1) is 0 Å². The standard InChI is InChI=1S/C21H26N2O3/c1-21(2,3)18-11-9-17(10-12-18)19(24)22-13-14-23-20(25)26-15-16-7-5-4-6-8-16/h4-12H,13-15H2,1-3H3,(H,22,24)(H,23,25). The fourth-order valence-electron chi connectivity index (χ4n) is 2.34. The molecule has 0 fully saturated rings. The molecular formula is C21H26N2O3. The molecule has 26 heavy (non-hydrogen) atoms. The van der Waals surface area contributed by atoms with Crippen LogP contribution in [-0.2, 0) is 16.8 Å². The van der Waals surface area contributed by atoms with Crippen molar-refractivity contribution in [1.82, 2.24) is 10.6 Å². The predicted molar refractivity (Wildman–Crippen MR) is 102 cm³/mol. The Morgan fingerprint density at radius 1 is 0.885 bits per heavy atom. The Bertz CT molecular complexity index is 719. The van der Waals surface area contributed by atoms with E-state index in [9.17, 15) is 9.59 Å². The minimum Gasteiger partial charge on any atom is -0.445 e. The number of amides is 2. The molecule has 0 saturated carbocycles. The van der Waals surface area contributed by atoms with Crippen molar-refractivity contribution in [3.63, 3.8) is 0 Å². The zero-order chi connectivity index (χ0) is 19.0. The largest absolute Gasteiger partial charge is 0.445 e. The van der Waals surface area contributed by atoms with Gasteiger partial charge in [-0.2, -0.15) is 0 Å². The van der Waals surface area contributed by atoms with Crippen LogP contribution in [0.25, 0.3) is 0 Å². The molecule has 2 aromatic carbocycles. The Kier molecular flexibility index (Phi) is 6.78. The molecular weight excluding hydrogens is 328 g/mol. The van der Waals surface area contributed by atoms with Gasteiger partial charge in [-0.1, -0.05) is 63.2 Å². The van der Waals surface area contributed by atoms with Crippen molar-refractivity contribution >= 4 is 12.0 Å².